The summed E-state index contributed by atoms with van der Waals surface area (Å²) in [5.41, 5.74) is 15.6. The van der Waals surface area contributed by atoms with E-state index in [1.807, 2.05) is 55.5 Å². The maximum atomic E-state index is 12.3. The summed E-state index contributed by atoms with van der Waals surface area (Å²) < 4.78 is 0. The smallest absolute Gasteiger partial charge is 0.272 e. The summed E-state index contributed by atoms with van der Waals surface area (Å²) in [7, 11) is 1.67. The van der Waals surface area contributed by atoms with Gasteiger partial charge in [0, 0.05) is 35.8 Å². The van der Waals surface area contributed by atoms with Gasteiger partial charge < -0.3 is 11.5 Å². The fourth-order valence-corrected chi connectivity index (χ4v) is 3.96. The van der Waals surface area contributed by atoms with Crippen molar-refractivity contribution in [1.29, 1.82) is 0 Å². The minimum atomic E-state index is -0.372. The third kappa shape index (κ3) is 3.43. The first kappa shape index (κ1) is 21.0. The van der Waals surface area contributed by atoms with E-state index in [1.54, 1.807) is 13.1 Å². The Bertz CT molecular complexity index is 1500. The van der Waals surface area contributed by atoms with Gasteiger partial charge in [-0.05, 0) is 35.4 Å². The molecular weight excluding hydrogens is 400 g/mol. The molecule has 1 heterocycles. The largest absolute Gasteiger partial charge is 0.404 e. The third-order valence-corrected chi connectivity index (χ3v) is 5.47. The molecule has 0 amide bonds. The molecule has 0 aliphatic rings. The minimum absolute atomic E-state index is 0.288. The number of allylic oxidation sites excluding steroid dienone is 1. The van der Waals surface area contributed by atoms with Crippen LogP contribution in [0.15, 0.2) is 70.6 Å². The third-order valence-electron chi connectivity index (χ3n) is 5.47. The quantitative estimate of drug-likeness (QED) is 0.340. The van der Waals surface area contributed by atoms with Crippen LogP contribution in [-0.2, 0) is 0 Å². The van der Waals surface area contributed by atoms with E-state index in [-0.39, 0.29) is 11.6 Å². The Hall–Kier alpha value is -4.28. The summed E-state index contributed by atoms with van der Waals surface area (Å²) in [5, 5.41) is 9.61. The zero-order chi connectivity index (χ0) is 22.8. The zero-order valence-corrected chi connectivity index (χ0v) is 17.8. The number of aromatic amines is 1. The van der Waals surface area contributed by atoms with E-state index in [0.717, 1.165) is 16.3 Å². The summed E-state index contributed by atoms with van der Waals surface area (Å²) in [4.78, 5) is 20.6. The topological polar surface area (TPSA) is 115 Å². The summed E-state index contributed by atoms with van der Waals surface area (Å²) >= 11 is 0. The maximum Gasteiger partial charge on any atom is 0.272 e. The second-order valence-corrected chi connectivity index (χ2v) is 7.43. The predicted octanol–water partition coefficient (Wildman–Crippen LogP) is 4.07. The lowest BCUT2D eigenvalue weighted by molar-refractivity contribution is 0.759. The molecule has 3 aromatic carbocycles. The molecular formula is C25H22N6O. The Balaban J connectivity index is 1.94. The highest BCUT2D eigenvalue weighted by Crippen LogP contribution is 2.34. The van der Waals surface area contributed by atoms with Crippen LogP contribution in [0.5, 0.6) is 0 Å². The second-order valence-electron chi connectivity index (χ2n) is 7.43. The Morgan fingerprint density at radius 2 is 1.94 bits per heavy atom. The van der Waals surface area contributed by atoms with Crippen LogP contribution in [0.1, 0.15) is 29.8 Å². The number of hydrogen-bond acceptors (Lipinski definition) is 5. The molecule has 0 saturated heterocycles. The molecule has 1 aromatic heterocycles. The van der Waals surface area contributed by atoms with E-state index in [1.165, 1.54) is 6.20 Å². The van der Waals surface area contributed by atoms with Crippen LogP contribution in [-0.4, -0.2) is 23.0 Å². The van der Waals surface area contributed by atoms with Gasteiger partial charge in [0.1, 0.15) is 0 Å². The van der Waals surface area contributed by atoms with Crippen molar-refractivity contribution in [3.8, 4) is 0 Å². The maximum absolute atomic E-state index is 12.3. The van der Waals surface area contributed by atoms with E-state index in [2.05, 4.69) is 20.0 Å². The standard InChI is InChI=1S/C25H22N6O/c1-14(27)22-20-12-16(9-10-18(20)25(32)31-30-22)21(13-26)24(29-3)19-11-8-15-6-4-5-7-17(15)23(19)28-2/h4-14H,26-27H2,1,3H3,(H,31,32)/b21-13-,29-24?/t14-/m0/s1. The van der Waals surface area contributed by atoms with Gasteiger partial charge in [0.25, 0.3) is 5.56 Å². The first-order chi connectivity index (χ1) is 15.5. The Morgan fingerprint density at radius 3 is 2.62 bits per heavy atom. The van der Waals surface area contributed by atoms with Crippen molar-refractivity contribution in [3.63, 3.8) is 0 Å². The molecule has 0 saturated carbocycles. The molecule has 4 aromatic rings. The number of rotatable bonds is 4. The molecule has 0 bridgehead atoms. The number of H-pyrrole nitrogens is 1. The van der Waals surface area contributed by atoms with E-state index in [9.17, 15) is 4.79 Å². The molecule has 1 atom stereocenters. The van der Waals surface area contributed by atoms with E-state index >= 15 is 0 Å². The Labute approximate surface area is 184 Å². The van der Waals surface area contributed by atoms with Crippen LogP contribution in [0, 0.1) is 6.57 Å². The number of nitrogens with zero attached hydrogens (tertiary/aromatic N) is 3. The zero-order valence-electron chi connectivity index (χ0n) is 17.8. The molecule has 4 rings (SSSR count). The first-order valence-electron chi connectivity index (χ1n) is 10.1. The highest BCUT2D eigenvalue weighted by atomic mass is 16.1. The number of aliphatic imine (C=N–C) groups is 1. The lowest BCUT2D eigenvalue weighted by Crippen LogP contribution is -2.16. The van der Waals surface area contributed by atoms with Crippen molar-refractivity contribution in [3.05, 3.63) is 99.4 Å². The molecule has 0 spiro atoms. The molecule has 7 nitrogen and oxygen atoms in total. The fraction of sp³-hybridized carbons (Fsp3) is 0.120. The lowest BCUT2D eigenvalue weighted by atomic mass is 9.92. The van der Waals surface area contributed by atoms with Gasteiger partial charge in [-0.2, -0.15) is 5.10 Å². The van der Waals surface area contributed by atoms with Gasteiger partial charge >= 0.3 is 0 Å². The highest BCUT2D eigenvalue weighted by Gasteiger charge is 2.19. The predicted molar refractivity (Wildman–Crippen MR) is 130 cm³/mol. The average molecular weight is 422 g/mol. The Kier molecular flexibility index (Phi) is 5.54. The Morgan fingerprint density at radius 1 is 1.16 bits per heavy atom. The summed E-state index contributed by atoms with van der Waals surface area (Å²) in [5.74, 6) is 0. The SMILES string of the molecule is [C-]#[N+]c1c(C(=NC)/C(=C\N)c2ccc3c(=O)[nH]nc([C@H](C)N)c3c2)ccc2ccccc12. The number of benzene rings is 3. The summed E-state index contributed by atoms with van der Waals surface area (Å²) in [6.07, 6.45) is 1.47. The van der Waals surface area contributed by atoms with Crippen molar-refractivity contribution in [2.45, 2.75) is 13.0 Å². The molecule has 158 valence electrons. The fourth-order valence-electron chi connectivity index (χ4n) is 3.96. The molecule has 5 N–H and O–H groups in total. The molecule has 0 aliphatic carbocycles. The van der Waals surface area contributed by atoms with Gasteiger partial charge in [0.2, 0.25) is 5.69 Å². The molecule has 0 fully saturated rings. The molecule has 0 unspecified atom stereocenters. The number of hydrogen-bond donors (Lipinski definition) is 3. The molecule has 7 heteroatoms. The van der Waals surface area contributed by atoms with Crippen LogP contribution in [0.4, 0.5) is 5.69 Å². The van der Waals surface area contributed by atoms with Gasteiger partial charge in [-0.3, -0.25) is 9.79 Å². The van der Waals surface area contributed by atoms with Gasteiger partial charge in [-0.25, -0.2) is 9.94 Å². The van der Waals surface area contributed by atoms with Crippen molar-refractivity contribution >= 4 is 38.5 Å². The van der Waals surface area contributed by atoms with Crippen LogP contribution in [0.25, 0.3) is 32.0 Å². The van der Waals surface area contributed by atoms with E-state index in [4.69, 9.17) is 18.0 Å². The summed E-state index contributed by atoms with van der Waals surface area (Å²) in [6.45, 7) is 9.61. The second kappa shape index (κ2) is 8.46. The van der Waals surface area contributed by atoms with Gasteiger partial charge in [-0.15, -0.1) is 0 Å². The minimum Gasteiger partial charge on any atom is -0.404 e. The van der Waals surface area contributed by atoms with E-state index < -0.39 is 0 Å². The van der Waals surface area contributed by atoms with Gasteiger partial charge in [0.05, 0.1) is 23.4 Å². The van der Waals surface area contributed by atoms with Crippen LogP contribution in [0.2, 0.25) is 0 Å². The lowest BCUT2D eigenvalue weighted by Gasteiger charge is -2.15. The molecule has 32 heavy (non-hydrogen) atoms. The van der Waals surface area contributed by atoms with Crippen molar-refractivity contribution in [2.75, 3.05) is 7.05 Å². The van der Waals surface area contributed by atoms with Crippen molar-refractivity contribution < 1.29 is 0 Å². The highest BCUT2D eigenvalue weighted by molar-refractivity contribution is 6.34. The van der Waals surface area contributed by atoms with Crippen molar-refractivity contribution in [2.24, 2.45) is 16.5 Å². The number of fused-ring (bicyclic) bond motifs is 2. The van der Waals surface area contributed by atoms with Gasteiger partial charge in [-0.1, -0.05) is 42.5 Å². The van der Waals surface area contributed by atoms with Crippen LogP contribution >= 0.6 is 0 Å². The first-order valence-corrected chi connectivity index (χ1v) is 10.1. The van der Waals surface area contributed by atoms with Crippen LogP contribution < -0.4 is 17.0 Å². The summed E-state index contributed by atoms with van der Waals surface area (Å²) in [6, 6.07) is 16.6. The molecule has 0 radical (unpaired) electrons. The number of nitrogens with two attached hydrogens (primary N) is 2. The monoisotopic (exact) mass is 422 g/mol. The van der Waals surface area contributed by atoms with Crippen LogP contribution in [0.3, 0.4) is 0 Å². The van der Waals surface area contributed by atoms with E-state index in [0.29, 0.717) is 39.0 Å². The average Bonchev–Trinajstić information content (AvgIpc) is 2.81. The van der Waals surface area contributed by atoms with Gasteiger partial charge in [0.15, 0.2) is 0 Å². The normalized spacial score (nSPS) is 13.3. The molecule has 0 aliphatic heterocycles. The number of aromatic nitrogens is 2. The number of nitrogens with one attached hydrogen (secondary N) is 1. The van der Waals surface area contributed by atoms with Crippen molar-refractivity contribution in [1.82, 2.24) is 10.2 Å².